The minimum absolute atomic E-state index is 0.464. The van der Waals surface area contributed by atoms with Gasteiger partial charge in [0.25, 0.3) is 0 Å². The number of nitrogens with zero attached hydrogens (tertiary/aromatic N) is 2. The van der Waals surface area contributed by atoms with E-state index in [1.54, 1.807) is 0 Å². The molecule has 0 aliphatic carbocycles. The normalized spacial score (nSPS) is 11.0. The summed E-state index contributed by atoms with van der Waals surface area (Å²) in [5.41, 5.74) is -2.12. The molecule has 0 aromatic carbocycles. The number of hydrogen-bond acceptors (Lipinski definition) is 2. The molecule has 0 bridgehead atoms. The zero-order chi connectivity index (χ0) is 10.1. The third-order valence-corrected chi connectivity index (χ3v) is 1.23. The molecule has 1 aromatic heterocycles. The van der Waals surface area contributed by atoms with Gasteiger partial charge in [-0.15, -0.1) is 0 Å². The summed E-state index contributed by atoms with van der Waals surface area (Å²) in [5.74, 6) is -1.48. The van der Waals surface area contributed by atoms with Crippen molar-refractivity contribution >= 4 is 0 Å². The highest BCUT2D eigenvalue weighted by molar-refractivity contribution is 5.24. The van der Waals surface area contributed by atoms with Crippen LogP contribution in [0.1, 0.15) is 11.4 Å². The van der Waals surface area contributed by atoms with Crippen LogP contribution >= 0.6 is 0 Å². The topological polar surface area (TPSA) is 36.7 Å². The van der Waals surface area contributed by atoms with E-state index in [0.717, 1.165) is 6.07 Å². The SMILES string of the molecule is N#Cc1ccc(F)c(C(F)(F)F)n1. The number of nitriles is 1. The molecular formula is C7H2F4N2. The first kappa shape index (κ1) is 9.45. The summed E-state index contributed by atoms with van der Waals surface area (Å²) in [6.45, 7) is 0. The van der Waals surface area contributed by atoms with Crippen LogP contribution in [0.4, 0.5) is 17.6 Å². The molecule has 0 aliphatic rings. The number of hydrogen-bond donors (Lipinski definition) is 0. The number of halogens is 4. The van der Waals surface area contributed by atoms with Gasteiger partial charge in [0.1, 0.15) is 11.8 Å². The van der Waals surface area contributed by atoms with E-state index in [4.69, 9.17) is 5.26 Å². The number of rotatable bonds is 0. The van der Waals surface area contributed by atoms with Crippen molar-refractivity contribution in [1.29, 1.82) is 5.26 Å². The Kier molecular flexibility index (Phi) is 2.19. The van der Waals surface area contributed by atoms with Crippen LogP contribution < -0.4 is 0 Å². The lowest BCUT2D eigenvalue weighted by Crippen LogP contribution is -2.11. The van der Waals surface area contributed by atoms with Gasteiger partial charge in [0.2, 0.25) is 0 Å². The lowest BCUT2D eigenvalue weighted by atomic mass is 10.3. The maximum Gasteiger partial charge on any atom is 0.436 e. The van der Waals surface area contributed by atoms with E-state index in [1.165, 1.54) is 6.07 Å². The summed E-state index contributed by atoms with van der Waals surface area (Å²) in [6.07, 6.45) is -4.86. The van der Waals surface area contributed by atoms with Gasteiger partial charge in [0.05, 0.1) is 0 Å². The lowest BCUT2D eigenvalue weighted by Gasteiger charge is -2.05. The molecule has 0 unspecified atom stereocenters. The number of pyridine rings is 1. The van der Waals surface area contributed by atoms with E-state index in [2.05, 4.69) is 4.98 Å². The molecule has 1 heterocycles. The Labute approximate surface area is 70.4 Å². The van der Waals surface area contributed by atoms with Crippen LogP contribution in [0, 0.1) is 17.1 Å². The Morgan fingerprint density at radius 2 is 1.92 bits per heavy atom. The maximum atomic E-state index is 12.5. The quantitative estimate of drug-likeness (QED) is 0.587. The molecule has 6 heteroatoms. The van der Waals surface area contributed by atoms with Gasteiger partial charge < -0.3 is 0 Å². The van der Waals surface area contributed by atoms with Crippen molar-refractivity contribution in [3.63, 3.8) is 0 Å². The van der Waals surface area contributed by atoms with Gasteiger partial charge in [-0.25, -0.2) is 9.37 Å². The highest BCUT2D eigenvalue weighted by Crippen LogP contribution is 2.29. The number of aromatic nitrogens is 1. The average molecular weight is 190 g/mol. The molecule has 2 nitrogen and oxygen atoms in total. The monoisotopic (exact) mass is 190 g/mol. The van der Waals surface area contributed by atoms with E-state index < -0.39 is 23.4 Å². The highest BCUT2D eigenvalue weighted by Gasteiger charge is 2.36. The van der Waals surface area contributed by atoms with E-state index in [9.17, 15) is 17.6 Å². The summed E-state index contributed by atoms with van der Waals surface area (Å²) >= 11 is 0. The van der Waals surface area contributed by atoms with Gasteiger partial charge in [-0.3, -0.25) is 0 Å². The molecular weight excluding hydrogens is 188 g/mol. The van der Waals surface area contributed by atoms with Crippen LogP contribution in [0.5, 0.6) is 0 Å². The highest BCUT2D eigenvalue weighted by atomic mass is 19.4. The van der Waals surface area contributed by atoms with Crippen molar-refractivity contribution in [2.45, 2.75) is 6.18 Å². The molecule has 0 amide bonds. The predicted octanol–water partition coefficient (Wildman–Crippen LogP) is 2.11. The smallest absolute Gasteiger partial charge is 0.230 e. The third kappa shape index (κ3) is 1.93. The van der Waals surface area contributed by atoms with E-state index >= 15 is 0 Å². The Morgan fingerprint density at radius 1 is 1.31 bits per heavy atom. The summed E-state index contributed by atoms with van der Waals surface area (Å²) < 4.78 is 48.4. The van der Waals surface area contributed by atoms with Crippen LogP contribution in [0.15, 0.2) is 12.1 Å². The van der Waals surface area contributed by atoms with Crippen LogP contribution in [-0.4, -0.2) is 4.98 Å². The van der Waals surface area contributed by atoms with Gasteiger partial charge in [-0.2, -0.15) is 18.4 Å². The second-order valence-corrected chi connectivity index (χ2v) is 2.14. The molecule has 0 aliphatic heterocycles. The third-order valence-electron chi connectivity index (χ3n) is 1.23. The van der Waals surface area contributed by atoms with Gasteiger partial charge in [0.15, 0.2) is 11.5 Å². The first-order chi connectivity index (χ1) is 5.95. The maximum absolute atomic E-state index is 12.5. The molecule has 0 saturated heterocycles. The average Bonchev–Trinajstić information content (AvgIpc) is 2.03. The number of alkyl halides is 3. The molecule has 0 atom stereocenters. The lowest BCUT2D eigenvalue weighted by molar-refractivity contribution is -0.143. The van der Waals surface area contributed by atoms with Crippen molar-refractivity contribution in [1.82, 2.24) is 4.98 Å². The van der Waals surface area contributed by atoms with Gasteiger partial charge >= 0.3 is 6.18 Å². The largest absolute Gasteiger partial charge is 0.436 e. The molecule has 0 N–H and O–H groups in total. The second kappa shape index (κ2) is 3.01. The fourth-order valence-corrected chi connectivity index (χ4v) is 0.703. The molecule has 0 saturated carbocycles. The molecule has 0 radical (unpaired) electrons. The summed E-state index contributed by atoms with van der Waals surface area (Å²) in [7, 11) is 0. The van der Waals surface area contributed by atoms with Crippen molar-refractivity contribution < 1.29 is 17.6 Å². The first-order valence-electron chi connectivity index (χ1n) is 3.09. The van der Waals surface area contributed by atoms with E-state index in [0.29, 0.717) is 6.07 Å². The molecule has 0 spiro atoms. The molecule has 68 valence electrons. The van der Waals surface area contributed by atoms with Crippen LogP contribution in [0.25, 0.3) is 0 Å². The molecule has 13 heavy (non-hydrogen) atoms. The molecule has 0 fully saturated rings. The Bertz CT molecular complexity index is 364. The van der Waals surface area contributed by atoms with Crippen molar-refractivity contribution in [2.24, 2.45) is 0 Å². The Balaban J connectivity index is 3.29. The fraction of sp³-hybridized carbons (Fsp3) is 0.143. The second-order valence-electron chi connectivity index (χ2n) is 2.14. The van der Waals surface area contributed by atoms with E-state index in [-0.39, 0.29) is 0 Å². The van der Waals surface area contributed by atoms with Gasteiger partial charge in [-0.05, 0) is 12.1 Å². The fourth-order valence-electron chi connectivity index (χ4n) is 0.703. The minimum atomic E-state index is -4.86. The summed E-state index contributed by atoms with van der Waals surface area (Å²) in [5, 5.41) is 8.22. The van der Waals surface area contributed by atoms with Crippen molar-refractivity contribution in [3.05, 3.63) is 29.3 Å². The van der Waals surface area contributed by atoms with Crippen LogP contribution in [0.3, 0.4) is 0 Å². The Hall–Kier alpha value is -1.64. The zero-order valence-corrected chi connectivity index (χ0v) is 6.06. The first-order valence-corrected chi connectivity index (χ1v) is 3.09. The van der Waals surface area contributed by atoms with Gasteiger partial charge in [0, 0.05) is 0 Å². The minimum Gasteiger partial charge on any atom is -0.230 e. The Morgan fingerprint density at radius 3 is 2.38 bits per heavy atom. The summed E-state index contributed by atoms with van der Waals surface area (Å²) in [6, 6.07) is 2.83. The molecule has 1 aromatic rings. The predicted molar refractivity (Wildman–Crippen MR) is 33.9 cm³/mol. The standard InChI is InChI=1S/C7H2F4N2/c8-5-2-1-4(3-12)13-6(5)7(9,10)11/h1-2H. The van der Waals surface area contributed by atoms with Crippen molar-refractivity contribution in [3.8, 4) is 6.07 Å². The van der Waals surface area contributed by atoms with Crippen LogP contribution in [0.2, 0.25) is 0 Å². The molecule has 1 rings (SSSR count). The summed E-state index contributed by atoms with van der Waals surface area (Å²) in [4.78, 5) is 2.80. The van der Waals surface area contributed by atoms with E-state index in [1.807, 2.05) is 0 Å². The zero-order valence-electron chi connectivity index (χ0n) is 6.06. The van der Waals surface area contributed by atoms with Gasteiger partial charge in [-0.1, -0.05) is 0 Å². The van der Waals surface area contributed by atoms with Crippen molar-refractivity contribution in [2.75, 3.05) is 0 Å². The van der Waals surface area contributed by atoms with Crippen LogP contribution in [-0.2, 0) is 6.18 Å².